The van der Waals surface area contributed by atoms with Gasteiger partial charge in [-0.15, -0.1) is 0 Å². The van der Waals surface area contributed by atoms with Gasteiger partial charge in [-0.3, -0.25) is 0 Å². The second-order valence-electron chi connectivity index (χ2n) is 5.46. The highest BCUT2D eigenvalue weighted by atomic mass is 16.4. The number of nitriles is 1. The molecule has 0 N–H and O–H groups in total. The van der Waals surface area contributed by atoms with E-state index in [1.807, 2.05) is 30.0 Å². The van der Waals surface area contributed by atoms with E-state index in [0.29, 0.717) is 0 Å². The van der Waals surface area contributed by atoms with E-state index in [1.165, 1.54) is 5.56 Å². The Morgan fingerprint density at radius 2 is 2.14 bits per heavy atom. The molecule has 108 valence electrons. The first kappa shape index (κ1) is 13.7. The van der Waals surface area contributed by atoms with Crippen LogP contribution in [0.25, 0.3) is 0 Å². The predicted octanol–water partition coefficient (Wildman–Crippen LogP) is 3.26. The first-order valence-corrected chi connectivity index (χ1v) is 7.44. The molecule has 1 fully saturated rings. The number of hydrogen-bond acceptors (Lipinski definition) is 4. The number of aromatic nitrogens is 1. The molecule has 1 aliphatic heterocycles. The monoisotopic (exact) mass is 281 g/mol. The lowest BCUT2D eigenvalue weighted by Gasteiger charge is -2.18. The van der Waals surface area contributed by atoms with Crippen LogP contribution < -0.4 is 4.90 Å². The second kappa shape index (κ2) is 6.01. The van der Waals surface area contributed by atoms with Crippen molar-refractivity contribution in [3.63, 3.8) is 0 Å². The summed E-state index contributed by atoms with van der Waals surface area (Å²) in [7, 11) is 0. The van der Waals surface area contributed by atoms with Gasteiger partial charge in [-0.25, -0.2) is 4.98 Å². The molecule has 1 unspecified atom stereocenters. The third kappa shape index (κ3) is 2.92. The lowest BCUT2D eigenvalue weighted by molar-refractivity contribution is 0.485. The van der Waals surface area contributed by atoms with Gasteiger partial charge >= 0.3 is 0 Å². The first-order valence-electron chi connectivity index (χ1n) is 7.44. The van der Waals surface area contributed by atoms with Crippen molar-refractivity contribution in [2.75, 3.05) is 11.4 Å². The number of oxazole rings is 1. The second-order valence-corrected chi connectivity index (χ2v) is 5.46. The van der Waals surface area contributed by atoms with Gasteiger partial charge in [0.25, 0.3) is 0 Å². The summed E-state index contributed by atoms with van der Waals surface area (Å²) in [5.74, 6) is 1.54. The van der Waals surface area contributed by atoms with E-state index < -0.39 is 0 Å². The molecule has 0 radical (unpaired) electrons. The van der Waals surface area contributed by atoms with Crippen LogP contribution in [0.3, 0.4) is 0 Å². The highest BCUT2D eigenvalue weighted by molar-refractivity contribution is 5.44. The van der Waals surface area contributed by atoms with Crippen molar-refractivity contribution >= 4 is 5.88 Å². The lowest BCUT2D eigenvalue weighted by atomic mass is 10.1. The molecule has 0 aliphatic carbocycles. The third-order valence-corrected chi connectivity index (χ3v) is 3.95. The fraction of sp³-hybridized carbons (Fsp3) is 0.412. The van der Waals surface area contributed by atoms with E-state index >= 15 is 0 Å². The van der Waals surface area contributed by atoms with Gasteiger partial charge in [-0.05, 0) is 31.7 Å². The smallest absolute Gasteiger partial charge is 0.220 e. The van der Waals surface area contributed by atoms with Gasteiger partial charge < -0.3 is 9.32 Å². The van der Waals surface area contributed by atoms with Crippen LogP contribution in [0, 0.1) is 18.3 Å². The van der Waals surface area contributed by atoms with Gasteiger partial charge in [-0.1, -0.05) is 30.3 Å². The maximum Gasteiger partial charge on any atom is 0.220 e. The summed E-state index contributed by atoms with van der Waals surface area (Å²) in [6.07, 6.45) is 3.66. The van der Waals surface area contributed by atoms with Gasteiger partial charge in [0.1, 0.15) is 11.7 Å². The van der Waals surface area contributed by atoms with Crippen LogP contribution in [-0.4, -0.2) is 17.6 Å². The molecule has 4 nitrogen and oxygen atoms in total. The fourth-order valence-electron chi connectivity index (χ4n) is 2.86. The Kier molecular flexibility index (Phi) is 3.92. The van der Waals surface area contributed by atoms with Gasteiger partial charge in [-0.2, -0.15) is 5.26 Å². The molecule has 0 spiro atoms. The van der Waals surface area contributed by atoms with Crippen LogP contribution in [0.4, 0.5) is 5.88 Å². The standard InChI is InChI=1S/C17H19N3O/c1-13-17(20-11-5-8-15(20)12-18)21-16(19-13)10-9-14-6-3-2-4-7-14/h2-4,6-7,15H,5,8-11H2,1H3. The quantitative estimate of drug-likeness (QED) is 0.863. The van der Waals surface area contributed by atoms with Gasteiger partial charge in [0.05, 0.1) is 6.07 Å². The molecule has 2 aromatic rings. The maximum absolute atomic E-state index is 9.19. The molecule has 1 aliphatic rings. The third-order valence-electron chi connectivity index (χ3n) is 3.95. The average Bonchev–Trinajstić information content (AvgIpc) is 3.12. The molecule has 0 amide bonds. The number of anilines is 1. The molecule has 1 saturated heterocycles. The van der Waals surface area contributed by atoms with Crippen LogP contribution in [0.5, 0.6) is 0 Å². The Bertz CT molecular complexity index is 642. The number of nitrogens with zero attached hydrogens (tertiary/aromatic N) is 3. The van der Waals surface area contributed by atoms with Crippen molar-refractivity contribution in [2.45, 2.75) is 38.6 Å². The summed E-state index contributed by atoms with van der Waals surface area (Å²) in [5, 5.41) is 9.19. The Balaban J connectivity index is 1.71. The summed E-state index contributed by atoms with van der Waals surface area (Å²) in [6.45, 7) is 2.84. The van der Waals surface area contributed by atoms with Crippen molar-refractivity contribution in [3.8, 4) is 6.07 Å². The molecule has 4 heteroatoms. The Hall–Kier alpha value is -2.28. The maximum atomic E-state index is 9.19. The first-order chi connectivity index (χ1) is 10.3. The van der Waals surface area contributed by atoms with Gasteiger partial charge in [0.2, 0.25) is 5.88 Å². The van der Waals surface area contributed by atoms with Crippen molar-refractivity contribution < 1.29 is 4.42 Å². The topological polar surface area (TPSA) is 53.1 Å². The highest BCUT2D eigenvalue weighted by Gasteiger charge is 2.28. The zero-order valence-corrected chi connectivity index (χ0v) is 12.2. The summed E-state index contributed by atoms with van der Waals surface area (Å²) in [4.78, 5) is 6.57. The minimum atomic E-state index is -0.0707. The zero-order valence-electron chi connectivity index (χ0n) is 12.2. The minimum Gasteiger partial charge on any atom is -0.425 e. The number of benzene rings is 1. The van der Waals surface area contributed by atoms with Crippen molar-refractivity contribution in [3.05, 3.63) is 47.5 Å². The SMILES string of the molecule is Cc1nc(CCc2ccccc2)oc1N1CCCC1C#N. The Labute approximate surface area is 125 Å². The molecule has 21 heavy (non-hydrogen) atoms. The molecular formula is C17H19N3O. The lowest BCUT2D eigenvalue weighted by Crippen LogP contribution is -2.27. The molecule has 2 heterocycles. The zero-order chi connectivity index (χ0) is 14.7. The van der Waals surface area contributed by atoms with E-state index in [0.717, 1.165) is 49.7 Å². The summed E-state index contributed by atoms with van der Waals surface area (Å²) >= 11 is 0. The molecule has 3 rings (SSSR count). The largest absolute Gasteiger partial charge is 0.425 e. The van der Waals surface area contributed by atoms with Crippen molar-refractivity contribution in [1.82, 2.24) is 4.98 Å². The predicted molar refractivity (Wildman–Crippen MR) is 81.1 cm³/mol. The van der Waals surface area contributed by atoms with Crippen LogP contribution in [0.15, 0.2) is 34.7 Å². The molecule has 0 bridgehead atoms. The summed E-state index contributed by atoms with van der Waals surface area (Å²) < 4.78 is 5.92. The number of aryl methyl sites for hydroxylation is 3. The highest BCUT2D eigenvalue weighted by Crippen LogP contribution is 2.29. The minimum absolute atomic E-state index is 0.0707. The number of hydrogen-bond donors (Lipinski definition) is 0. The van der Waals surface area contributed by atoms with E-state index in [1.54, 1.807) is 0 Å². The van der Waals surface area contributed by atoms with Gasteiger partial charge in [0.15, 0.2) is 5.89 Å². The van der Waals surface area contributed by atoms with Crippen LogP contribution >= 0.6 is 0 Å². The summed E-state index contributed by atoms with van der Waals surface area (Å²) in [6, 6.07) is 12.6. The fourth-order valence-corrected chi connectivity index (χ4v) is 2.86. The molecule has 1 aromatic heterocycles. The molecule has 0 saturated carbocycles. The van der Waals surface area contributed by atoms with E-state index in [4.69, 9.17) is 4.42 Å². The van der Waals surface area contributed by atoms with E-state index in [9.17, 15) is 5.26 Å². The van der Waals surface area contributed by atoms with Crippen LogP contribution in [0.2, 0.25) is 0 Å². The van der Waals surface area contributed by atoms with E-state index in [-0.39, 0.29) is 6.04 Å². The molecule has 1 aromatic carbocycles. The van der Waals surface area contributed by atoms with Crippen LogP contribution in [-0.2, 0) is 12.8 Å². The van der Waals surface area contributed by atoms with E-state index in [2.05, 4.69) is 23.2 Å². The summed E-state index contributed by atoms with van der Waals surface area (Å²) in [5.41, 5.74) is 2.17. The van der Waals surface area contributed by atoms with Crippen molar-refractivity contribution in [2.24, 2.45) is 0 Å². The normalized spacial score (nSPS) is 17.9. The van der Waals surface area contributed by atoms with Crippen LogP contribution in [0.1, 0.15) is 30.0 Å². The Morgan fingerprint density at radius 1 is 1.33 bits per heavy atom. The molecule has 1 atom stereocenters. The average molecular weight is 281 g/mol. The number of rotatable bonds is 4. The Morgan fingerprint density at radius 3 is 2.90 bits per heavy atom. The molecular weight excluding hydrogens is 262 g/mol. The van der Waals surface area contributed by atoms with Crippen molar-refractivity contribution in [1.29, 1.82) is 5.26 Å². The van der Waals surface area contributed by atoms with Gasteiger partial charge in [0, 0.05) is 13.0 Å².